The van der Waals surface area contributed by atoms with Gasteiger partial charge in [0.15, 0.2) is 0 Å². The zero-order valence-electron chi connectivity index (χ0n) is 23.5. The normalized spacial score (nSPS) is 22.5. The van der Waals surface area contributed by atoms with E-state index in [4.69, 9.17) is 4.74 Å². The van der Waals surface area contributed by atoms with Crippen molar-refractivity contribution in [3.63, 3.8) is 0 Å². The van der Waals surface area contributed by atoms with Crippen molar-refractivity contribution >= 4 is 23.7 Å². The van der Waals surface area contributed by atoms with Crippen LogP contribution >= 0.6 is 0 Å². The zero-order chi connectivity index (χ0) is 30.6. The number of nitrogens with zero attached hydrogens (tertiary/aromatic N) is 4. The zero-order valence-corrected chi connectivity index (χ0v) is 23.5. The summed E-state index contributed by atoms with van der Waals surface area (Å²) >= 11 is 0. The Labute approximate surface area is 240 Å². The van der Waals surface area contributed by atoms with E-state index in [0.29, 0.717) is 18.4 Å². The first kappa shape index (κ1) is 31.2. The van der Waals surface area contributed by atoms with Crippen LogP contribution in [0.25, 0.3) is 0 Å². The fourth-order valence-corrected chi connectivity index (χ4v) is 5.39. The molecule has 11 nitrogen and oxygen atoms in total. The molecule has 2 aromatic heterocycles. The second-order valence-electron chi connectivity index (χ2n) is 10.8. The summed E-state index contributed by atoms with van der Waals surface area (Å²) in [7, 11) is 1.36. The maximum atomic E-state index is 13.9. The van der Waals surface area contributed by atoms with Gasteiger partial charge in [-0.05, 0) is 69.2 Å². The molecule has 42 heavy (non-hydrogen) atoms. The van der Waals surface area contributed by atoms with E-state index in [1.54, 1.807) is 6.07 Å². The average molecular weight is 598 g/mol. The molecular weight excluding hydrogens is 562 g/mol. The van der Waals surface area contributed by atoms with Crippen LogP contribution in [-0.2, 0) is 9.53 Å². The number of carbonyl (C=O) groups is 3. The van der Waals surface area contributed by atoms with E-state index in [1.807, 2.05) is 19.2 Å². The molecule has 1 saturated carbocycles. The number of nitrogens with one attached hydrogen (secondary N) is 3. The maximum absolute atomic E-state index is 13.9. The highest BCUT2D eigenvalue weighted by molar-refractivity contribution is 6.00. The fourth-order valence-electron chi connectivity index (χ4n) is 5.39. The third kappa shape index (κ3) is 7.17. The lowest BCUT2D eigenvalue weighted by Crippen LogP contribution is -2.50. The molecule has 3 heterocycles. The molecule has 2 aliphatic rings. The number of carbonyl (C=O) groups excluding carboxylic acids is 3. The van der Waals surface area contributed by atoms with Crippen LogP contribution in [0, 0.1) is 5.92 Å². The molecule has 15 heteroatoms. The molecule has 2 aromatic rings. The first-order valence-electron chi connectivity index (χ1n) is 13.8. The lowest BCUT2D eigenvalue weighted by molar-refractivity contribution is -0.150. The summed E-state index contributed by atoms with van der Waals surface area (Å²) in [4.78, 5) is 44.4. The molecule has 0 spiro atoms. The number of urea groups is 1. The Morgan fingerprint density at radius 1 is 1.17 bits per heavy atom. The van der Waals surface area contributed by atoms with Gasteiger partial charge < -0.3 is 25.6 Å². The Balaban J connectivity index is 1.55. The number of hydrogen-bond acceptors (Lipinski definition) is 6. The molecule has 230 valence electrons. The number of halogens is 4. The van der Waals surface area contributed by atoms with Crippen LogP contribution in [0.4, 0.5) is 28.2 Å². The van der Waals surface area contributed by atoms with E-state index < -0.39 is 54.9 Å². The second-order valence-corrected chi connectivity index (χ2v) is 10.8. The molecule has 1 aliphatic carbocycles. The van der Waals surface area contributed by atoms with Gasteiger partial charge in [-0.2, -0.15) is 18.3 Å². The third-order valence-corrected chi connectivity index (χ3v) is 7.59. The lowest BCUT2D eigenvalue weighted by atomic mass is 9.82. The molecule has 0 bridgehead atoms. The topological polar surface area (TPSA) is 130 Å². The molecule has 4 amide bonds. The first-order chi connectivity index (χ1) is 19.9. The van der Waals surface area contributed by atoms with E-state index >= 15 is 0 Å². The number of amides is 4. The summed E-state index contributed by atoms with van der Waals surface area (Å²) in [5, 5.41) is 11.6. The molecule has 0 aromatic carbocycles. The van der Waals surface area contributed by atoms with Crippen LogP contribution in [0.15, 0.2) is 30.6 Å². The van der Waals surface area contributed by atoms with E-state index in [1.165, 1.54) is 36.3 Å². The Kier molecular flexibility index (Phi) is 9.69. The van der Waals surface area contributed by atoms with Crippen molar-refractivity contribution in [3.05, 3.63) is 41.9 Å². The number of methoxy groups -OCH3 is 1. The van der Waals surface area contributed by atoms with Crippen LogP contribution in [-0.4, -0.2) is 82.2 Å². The smallest absolute Gasteiger partial charge is 0.382 e. The summed E-state index contributed by atoms with van der Waals surface area (Å²) in [6.45, 7) is 3.00. The van der Waals surface area contributed by atoms with Gasteiger partial charge in [0.05, 0.1) is 19.2 Å². The maximum Gasteiger partial charge on any atom is 0.410 e. The monoisotopic (exact) mass is 597 g/mol. The van der Waals surface area contributed by atoms with Gasteiger partial charge in [0.25, 0.3) is 5.91 Å². The molecule has 1 saturated heterocycles. The second kappa shape index (κ2) is 13.0. The predicted octanol–water partition coefficient (Wildman–Crippen LogP) is 3.77. The Morgan fingerprint density at radius 3 is 2.50 bits per heavy atom. The summed E-state index contributed by atoms with van der Waals surface area (Å²) < 4.78 is 60.5. The van der Waals surface area contributed by atoms with Crippen LogP contribution in [0.5, 0.6) is 0 Å². The minimum atomic E-state index is -4.62. The highest BCUT2D eigenvalue weighted by Crippen LogP contribution is 2.32. The number of pyridine rings is 1. The van der Waals surface area contributed by atoms with E-state index in [-0.39, 0.29) is 42.9 Å². The van der Waals surface area contributed by atoms with Gasteiger partial charge in [-0.25, -0.2) is 14.2 Å². The molecule has 4 rings (SSSR count). The van der Waals surface area contributed by atoms with E-state index in [9.17, 15) is 31.9 Å². The van der Waals surface area contributed by atoms with Crippen LogP contribution in [0.1, 0.15) is 67.7 Å². The van der Waals surface area contributed by atoms with E-state index in [0.717, 1.165) is 4.90 Å². The van der Waals surface area contributed by atoms with Crippen LogP contribution in [0.3, 0.4) is 0 Å². The highest BCUT2D eigenvalue weighted by atomic mass is 19.4. The highest BCUT2D eigenvalue weighted by Gasteiger charge is 2.48. The van der Waals surface area contributed by atoms with Gasteiger partial charge in [0.1, 0.15) is 29.8 Å². The summed E-state index contributed by atoms with van der Waals surface area (Å²) in [5.41, 5.74) is 0.657. The van der Waals surface area contributed by atoms with Gasteiger partial charge in [0.2, 0.25) is 5.91 Å². The number of ether oxygens (including phenoxy) is 1. The van der Waals surface area contributed by atoms with Crippen LogP contribution < -0.4 is 16.0 Å². The molecule has 1 aliphatic heterocycles. The minimum absolute atomic E-state index is 0.0660. The molecule has 0 radical (unpaired) electrons. The van der Waals surface area contributed by atoms with Crippen molar-refractivity contribution < 1.29 is 36.7 Å². The Morgan fingerprint density at radius 2 is 1.88 bits per heavy atom. The quantitative estimate of drug-likeness (QED) is 0.358. The number of anilines is 1. The van der Waals surface area contributed by atoms with Crippen molar-refractivity contribution in [2.24, 2.45) is 5.92 Å². The van der Waals surface area contributed by atoms with Gasteiger partial charge in [0, 0.05) is 25.5 Å². The number of aromatic nitrogens is 3. The van der Waals surface area contributed by atoms with Crippen molar-refractivity contribution in [3.8, 4) is 0 Å². The molecule has 2 fully saturated rings. The van der Waals surface area contributed by atoms with Gasteiger partial charge in [-0.1, -0.05) is 0 Å². The standard InChI is InChI=1S/C27H35F4N7O4/c1-15(2)38-19(9-11-33-38)24(39)36-23(16-4-6-18(28)7-5-16)25(40)35-22-12-17(8-10-32-22)20(14-42-3)37-13-21(27(29,30)31)34-26(37)41/h8-12,15-16,18,20-21,23H,4-7,13-14H2,1-3H3,(H,34,41)(H,36,39)(H,32,35,40). The van der Waals surface area contributed by atoms with Gasteiger partial charge >= 0.3 is 12.2 Å². The summed E-state index contributed by atoms with van der Waals surface area (Å²) in [6, 6.07) is -0.434. The third-order valence-electron chi connectivity index (χ3n) is 7.59. The van der Waals surface area contributed by atoms with Crippen LogP contribution in [0.2, 0.25) is 0 Å². The largest absolute Gasteiger partial charge is 0.410 e. The minimum Gasteiger partial charge on any atom is -0.382 e. The number of hydrogen-bond donors (Lipinski definition) is 3. The van der Waals surface area contributed by atoms with Crippen molar-refractivity contribution in [2.45, 2.75) is 76.0 Å². The lowest BCUT2D eigenvalue weighted by Gasteiger charge is -2.31. The summed E-state index contributed by atoms with van der Waals surface area (Å²) in [5.74, 6) is -1.36. The van der Waals surface area contributed by atoms with Crippen molar-refractivity contribution in [1.29, 1.82) is 0 Å². The van der Waals surface area contributed by atoms with Crippen molar-refractivity contribution in [2.75, 3.05) is 25.6 Å². The summed E-state index contributed by atoms with van der Waals surface area (Å²) in [6.07, 6.45) is -1.46. The Bertz CT molecular complexity index is 1260. The van der Waals surface area contributed by atoms with E-state index in [2.05, 4.69) is 20.7 Å². The van der Waals surface area contributed by atoms with Crippen molar-refractivity contribution in [1.82, 2.24) is 30.3 Å². The number of rotatable bonds is 10. The molecule has 3 unspecified atom stereocenters. The fraction of sp³-hybridized carbons (Fsp3) is 0.593. The van der Waals surface area contributed by atoms with Gasteiger partial charge in [-0.15, -0.1) is 0 Å². The first-order valence-corrected chi connectivity index (χ1v) is 13.8. The number of alkyl halides is 4. The SMILES string of the molecule is COCC(c1ccnc(NC(=O)C(NC(=O)c2ccnn2C(C)C)C2CCC(F)CC2)c1)N1CC(C(F)(F)F)NC1=O. The predicted molar refractivity (Wildman–Crippen MR) is 143 cm³/mol. The molecular formula is C27H35F4N7O4. The molecule has 3 N–H and O–H groups in total. The Hall–Kier alpha value is -3.75. The average Bonchev–Trinajstić information content (AvgIpc) is 3.58. The van der Waals surface area contributed by atoms with Gasteiger partial charge in [-0.3, -0.25) is 14.3 Å². The molecule has 3 atom stereocenters.